The molecule has 0 aliphatic heterocycles. The van der Waals surface area contributed by atoms with Crippen LogP contribution in [0.25, 0.3) is 10.9 Å². The minimum absolute atomic E-state index is 0.355. The number of likely N-dealkylation sites (N-methyl/N-ethyl adjacent to an activating group) is 1. The smallest absolute Gasteiger partial charge is 0.139 e. The molecule has 0 spiro atoms. The third-order valence-electron chi connectivity index (χ3n) is 3.62. The van der Waals surface area contributed by atoms with Gasteiger partial charge >= 0.3 is 0 Å². The Morgan fingerprint density at radius 1 is 1.25 bits per heavy atom. The van der Waals surface area contributed by atoms with E-state index in [2.05, 4.69) is 24.0 Å². The highest BCUT2D eigenvalue weighted by Crippen LogP contribution is 2.35. The Hall–Kier alpha value is -1.48. The molecular formula is C13H16N2O. The summed E-state index contributed by atoms with van der Waals surface area (Å²) in [6.45, 7) is 0. The van der Waals surface area contributed by atoms with E-state index in [1.54, 1.807) is 6.07 Å². The zero-order chi connectivity index (χ0) is 11.3. The number of rotatable bonds is 1. The van der Waals surface area contributed by atoms with E-state index in [4.69, 9.17) is 0 Å². The van der Waals surface area contributed by atoms with Gasteiger partial charge in [0.1, 0.15) is 5.75 Å². The van der Waals surface area contributed by atoms with Crippen molar-refractivity contribution < 1.29 is 5.11 Å². The van der Waals surface area contributed by atoms with Crippen molar-refractivity contribution in [1.29, 1.82) is 0 Å². The van der Waals surface area contributed by atoms with Gasteiger partial charge in [-0.3, -0.25) is 0 Å². The number of benzene rings is 1. The van der Waals surface area contributed by atoms with Crippen LogP contribution in [0.4, 0.5) is 0 Å². The monoisotopic (exact) mass is 216 g/mol. The van der Waals surface area contributed by atoms with E-state index in [1.807, 2.05) is 12.3 Å². The molecule has 3 nitrogen and oxygen atoms in total. The van der Waals surface area contributed by atoms with Crippen LogP contribution in [0.2, 0.25) is 0 Å². The standard InChI is InChI=1S/C13H16N2O/c1-15(2)10-5-8-3-4-11(16)13-12(8)9(6-10)7-14-13/h3-4,7,10,14,16H,5-6H2,1-2H3. The predicted molar refractivity (Wildman–Crippen MR) is 64.8 cm³/mol. The Morgan fingerprint density at radius 2 is 2.00 bits per heavy atom. The largest absolute Gasteiger partial charge is 0.506 e. The van der Waals surface area contributed by atoms with Gasteiger partial charge in [0, 0.05) is 17.6 Å². The summed E-state index contributed by atoms with van der Waals surface area (Å²) in [6, 6.07) is 4.40. The van der Waals surface area contributed by atoms with Crippen molar-refractivity contribution in [3.05, 3.63) is 29.5 Å². The van der Waals surface area contributed by atoms with Gasteiger partial charge in [0.05, 0.1) is 5.52 Å². The van der Waals surface area contributed by atoms with Crippen molar-refractivity contribution >= 4 is 10.9 Å². The van der Waals surface area contributed by atoms with E-state index in [0.29, 0.717) is 11.8 Å². The third kappa shape index (κ3) is 1.25. The Balaban J connectivity index is 2.19. The summed E-state index contributed by atoms with van der Waals surface area (Å²) in [6.07, 6.45) is 4.15. The Kier molecular flexibility index (Phi) is 1.98. The number of hydrogen-bond donors (Lipinski definition) is 2. The summed E-state index contributed by atoms with van der Waals surface area (Å²) in [4.78, 5) is 5.45. The molecule has 0 fully saturated rings. The SMILES string of the molecule is CN(C)C1Cc2ccc(O)c3[nH]cc(c23)C1. The molecule has 1 atom stereocenters. The average molecular weight is 216 g/mol. The van der Waals surface area contributed by atoms with Crippen molar-refractivity contribution in [2.45, 2.75) is 18.9 Å². The number of hydrogen-bond acceptors (Lipinski definition) is 2. The Labute approximate surface area is 94.7 Å². The van der Waals surface area contributed by atoms with E-state index < -0.39 is 0 Å². The normalized spacial score (nSPS) is 19.6. The molecule has 2 N–H and O–H groups in total. The number of nitrogens with zero attached hydrogens (tertiary/aromatic N) is 1. The Morgan fingerprint density at radius 3 is 2.75 bits per heavy atom. The maximum atomic E-state index is 9.76. The van der Waals surface area contributed by atoms with E-state index in [0.717, 1.165) is 18.4 Å². The summed E-state index contributed by atoms with van der Waals surface area (Å²) >= 11 is 0. The highest BCUT2D eigenvalue weighted by molar-refractivity contribution is 5.91. The van der Waals surface area contributed by atoms with Crippen molar-refractivity contribution in [2.75, 3.05) is 14.1 Å². The molecule has 0 saturated carbocycles. The zero-order valence-corrected chi connectivity index (χ0v) is 9.62. The van der Waals surface area contributed by atoms with Crippen molar-refractivity contribution in [1.82, 2.24) is 9.88 Å². The summed E-state index contributed by atoms with van der Waals surface area (Å²) < 4.78 is 0. The number of H-pyrrole nitrogens is 1. The van der Waals surface area contributed by atoms with Crippen molar-refractivity contribution in [2.24, 2.45) is 0 Å². The maximum absolute atomic E-state index is 9.76. The van der Waals surface area contributed by atoms with Crippen molar-refractivity contribution in [3.8, 4) is 5.75 Å². The quantitative estimate of drug-likeness (QED) is 0.764. The molecule has 2 aromatic rings. The first-order valence-electron chi connectivity index (χ1n) is 5.64. The fourth-order valence-corrected chi connectivity index (χ4v) is 2.66. The van der Waals surface area contributed by atoms with Crippen LogP contribution in [0.15, 0.2) is 18.3 Å². The second-order valence-electron chi connectivity index (χ2n) is 4.83. The molecule has 0 radical (unpaired) electrons. The number of aromatic amines is 1. The predicted octanol–water partition coefficient (Wildman–Crippen LogP) is 1.90. The minimum Gasteiger partial charge on any atom is -0.506 e. The summed E-state index contributed by atoms with van der Waals surface area (Å²) in [5.41, 5.74) is 3.56. The molecule has 84 valence electrons. The first-order chi connectivity index (χ1) is 7.66. The Bertz CT molecular complexity index is 542. The average Bonchev–Trinajstić information content (AvgIpc) is 2.68. The lowest BCUT2D eigenvalue weighted by molar-refractivity contribution is 0.287. The van der Waals surface area contributed by atoms with Crippen LogP contribution in [0.5, 0.6) is 5.75 Å². The van der Waals surface area contributed by atoms with Crippen LogP contribution in [0.1, 0.15) is 11.1 Å². The summed E-state index contributed by atoms with van der Waals surface area (Å²) in [7, 11) is 4.25. The van der Waals surface area contributed by atoms with Crippen molar-refractivity contribution in [3.63, 3.8) is 0 Å². The van der Waals surface area contributed by atoms with Gasteiger partial charge in [0.25, 0.3) is 0 Å². The fourth-order valence-electron chi connectivity index (χ4n) is 2.66. The zero-order valence-electron chi connectivity index (χ0n) is 9.62. The molecule has 0 saturated heterocycles. The number of aromatic nitrogens is 1. The molecule has 1 aromatic heterocycles. The maximum Gasteiger partial charge on any atom is 0.139 e. The molecule has 3 heteroatoms. The summed E-state index contributed by atoms with van der Waals surface area (Å²) in [5, 5.41) is 11.0. The minimum atomic E-state index is 0.355. The first-order valence-corrected chi connectivity index (χ1v) is 5.64. The van der Waals surface area contributed by atoms with Gasteiger partial charge < -0.3 is 15.0 Å². The van der Waals surface area contributed by atoms with Gasteiger partial charge in [-0.05, 0) is 44.1 Å². The molecule has 1 heterocycles. The lowest BCUT2D eigenvalue weighted by atomic mass is 9.88. The van der Waals surface area contributed by atoms with Gasteiger partial charge in [-0.25, -0.2) is 0 Å². The van der Waals surface area contributed by atoms with Gasteiger partial charge in [-0.1, -0.05) is 6.07 Å². The molecular weight excluding hydrogens is 200 g/mol. The third-order valence-corrected chi connectivity index (χ3v) is 3.62. The number of nitrogens with one attached hydrogen (secondary N) is 1. The van der Waals surface area contributed by atoms with E-state index in [1.165, 1.54) is 16.5 Å². The molecule has 1 aliphatic rings. The number of aromatic hydroxyl groups is 1. The fraction of sp³-hybridized carbons (Fsp3) is 0.385. The molecule has 1 aliphatic carbocycles. The second-order valence-corrected chi connectivity index (χ2v) is 4.83. The highest BCUT2D eigenvalue weighted by atomic mass is 16.3. The topological polar surface area (TPSA) is 39.3 Å². The van der Waals surface area contributed by atoms with Crippen LogP contribution < -0.4 is 0 Å². The summed E-state index contributed by atoms with van der Waals surface area (Å²) in [5.74, 6) is 0.355. The molecule has 16 heavy (non-hydrogen) atoms. The van der Waals surface area contributed by atoms with Gasteiger partial charge in [-0.2, -0.15) is 0 Å². The van der Waals surface area contributed by atoms with E-state index >= 15 is 0 Å². The highest BCUT2D eigenvalue weighted by Gasteiger charge is 2.23. The number of phenols is 1. The van der Waals surface area contributed by atoms with Gasteiger partial charge in [-0.15, -0.1) is 0 Å². The number of phenolic OH excluding ortho intramolecular Hbond substituents is 1. The molecule has 0 bridgehead atoms. The molecule has 1 unspecified atom stereocenters. The second kappa shape index (κ2) is 3.25. The van der Waals surface area contributed by atoms with Gasteiger partial charge in [0.2, 0.25) is 0 Å². The van der Waals surface area contributed by atoms with Crippen LogP contribution in [-0.2, 0) is 12.8 Å². The molecule has 1 aromatic carbocycles. The lowest BCUT2D eigenvalue weighted by Gasteiger charge is -2.28. The van der Waals surface area contributed by atoms with Crippen LogP contribution in [-0.4, -0.2) is 35.1 Å². The lowest BCUT2D eigenvalue weighted by Crippen LogP contribution is -2.33. The molecule has 3 rings (SSSR count). The molecule has 0 amide bonds. The van der Waals surface area contributed by atoms with Crippen LogP contribution in [0.3, 0.4) is 0 Å². The van der Waals surface area contributed by atoms with Gasteiger partial charge in [0.15, 0.2) is 0 Å². The van der Waals surface area contributed by atoms with E-state index in [9.17, 15) is 5.11 Å². The van der Waals surface area contributed by atoms with Crippen LogP contribution in [0, 0.1) is 0 Å². The van der Waals surface area contributed by atoms with Crippen LogP contribution >= 0.6 is 0 Å². The first kappa shape index (κ1) is 9.73. The van der Waals surface area contributed by atoms with E-state index in [-0.39, 0.29) is 0 Å².